The van der Waals surface area contributed by atoms with E-state index in [1.165, 1.54) is 70.6 Å². The number of allylic oxidation sites excluding steroid dienone is 7. The highest BCUT2D eigenvalue weighted by molar-refractivity contribution is 5.76. The zero-order valence-electron chi connectivity index (χ0n) is 45.0. The van der Waals surface area contributed by atoms with E-state index < -0.39 is 124 Å². The Labute approximate surface area is 446 Å². The van der Waals surface area contributed by atoms with E-state index in [1.54, 1.807) is 6.08 Å². The molecule has 3 aliphatic rings. The van der Waals surface area contributed by atoms with Crippen molar-refractivity contribution in [2.24, 2.45) is 0 Å². The minimum atomic E-state index is -1.98. The minimum Gasteiger partial charge on any atom is -0.394 e. The number of carbonyl (C=O) groups excluding carboxylic acids is 1. The highest BCUT2D eigenvalue weighted by Gasteiger charge is 2.53. The van der Waals surface area contributed by atoms with Gasteiger partial charge in [0.05, 0.1) is 38.6 Å². The van der Waals surface area contributed by atoms with Crippen LogP contribution in [-0.2, 0) is 33.2 Å². The fourth-order valence-corrected chi connectivity index (χ4v) is 9.33. The topological polar surface area (TPSA) is 307 Å². The Bertz CT molecular complexity index is 1570. The number of unbranched alkanes of at least 4 members (excludes halogenated alkanes) is 18. The molecular formula is C56H99NO18. The van der Waals surface area contributed by atoms with Crippen LogP contribution in [-0.4, -0.2) is 193 Å². The highest BCUT2D eigenvalue weighted by atomic mass is 16.8. The maximum Gasteiger partial charge on any atom is 0.220 e. The molecule has 0 saturated carbocycles. The molecule has 19 heteroatoms. The monoisotopic (exact) mass is 1070 g/mol. The lowest BCUT2D eigenvalue weighted by Crippen LogP contribution is -2.66. The van der Waals surface area contributed by atoms with E-state index in [-0.39, 0.29) is 18.9 Å². The van der Waals surface area contributed by atoms with Crippen molar-refractivity contribution in [3.63, 3.8) is 0 Å². The van der Waals surface area contributed by atoms with Crippen molar-refractivity contribution < 1.29 is 89.4 Å². The molecule has 17 atom stereocenters. The molecule has 0 aliphatic carbocycles. The van der Waals surface area contributed by atoms with E-state index in [4.69, 9.17) is 28.4 Å². The molecule has 3 fully saturated rings. The van der Waals surface area contributed by atoms with Gasteiger partial charge >= 0.3 is 0 Å². The predicted octanol–water partition coefficient (Wildman–Crippen LogP) is 3.92. The maximum atomic E-state index is 13.2. The third-order valence-electron chi connectivity index (χ3n) is 14.1. The molecule has 0 radical (unpaired) electrons. The van der Waals surface area contributed by atoms with Crippen molar-refractivity contribution in [3.8, 4) is 0 Å². The number of carbonyl (C=O) groups is 1. The Morgan fingerprint density at radius 3 is 1.36 bits per heavy atom. The molecule has 12 N–H and O–H groups in total. The molecule has 0 aromatic carbocycles. The Kier molecular flexibility index (Phi) is 35.8. The first-order valence-corrected chi connectivity index (χ1v) is 28.4. The molecule has 0 bridgehead atoms. The second-order valence-electron chi connectivity index (χ2n) is 20.4. The lowest BCUT2D eigenvalue weighted by molar-refractivity contribution is -0.379. The Morgan fingerprint density at radius 2 is 0.853 bits per heavy atom. The predicted molar refractivity (Wildman–Crippen MR) is 282 cm³/mol. The van der Waals surface area contributed by atoms with Gasteiger partial charge in [-0.1, -0.05) is 140 Å². The molecule has 436 valence electrons. The van der Waals surface area contributed by atoms with Gasteiger partial charge in [0, 0.05) is 6.42 Å². The second kappa shape index (κ2) is 40.0. The summed E-state index contributed by atoms with van der Waals surface area (Å²) in [6, 6.07) is -0.999. The van der Waals surface area contributed by atoms with Crippen molar-refractivity contribution in [1.29, 1.82) is 0 Å². The summed E-state index contributed by atoms with van der Waals surface area (Å²) in [6.45, 7) is 1.63. The first-order chi connectivity index (χ1) is 36.3. The summed E-state index contributed by atoms with van der Waals surface area (Å²) in [5.41, 5.74) is 0. The van der Waals surface area contributed by atoms with Gasteiger partial charge in [-0.05, 0) is 70.6 Å². The SMILES string of the molecule is CCCCC/C=C\CCCCCCCC(=O)NC(COC1OC(CO)C(OC2OC(CO)C(OC3OC(CO)C(O)C(O)C3O)C(O)C2O)C(O)C1O)C(O)/C=C/CC/C=C/CC/C=C/CCCCCCCCCC. The molecule has 0 aromatic heterocycles. The molecule has 3 saturated heterocycles. The molecule has 0 spiro atoms. The number of amides is 1. The third-order valence-corrected chi connectivity index (χ3v) is 14.1. The van der Waals surface area contributed by atoms with Crippen LogP contribution in [0.4, 0.5) is 0 Å². The van der Waals surface area contributed by atoms with Crippen molar-refractivity contribution >= 4 is 5.91 Å². The van der Waals surface area contributed by atoms with Gasteiger partial charge in [-0.2, -0.15) is 0 Å². The van der Waals surface area contributed by atoms with E-state index in [0.29, 0.717) is 12.8 Å². The van der Waals surface area contributed by atoms with Gasteiger partial charge in [0.25, 0.3) is 0 Å². The number of hydrogen-bond donors (Lipinski definition) is 12. The van der Waals surface area contributed by atoms with Crippen molar-refractivity contribution in [1.82, 2.24) is 5.32 Å². The number of ether oxygens (including phenoxy) is 6. The molecule has 3 heterocycles. The van der Waals surface area contributed by atoms with E-state index >= 15 is 0 Å². The van der Waals surface area contributed by atoms with Gasteiger partial charge in [-0.25, -0.2) is 0 Å². The zero-order chi connectivity index (χ0) is 54.8. The molecule has 3 aliphatic heterocycles. The van der Waals surface area contributed by atoms with Gasteiger partial charge in [0.2, 0.25) is 5.91 Å². The fraction of sp³-hybridized carbons (Fsp3) is 0.839. The first kappa shape index (κ1) is 67.0. The van der Waals surface area contributed by atoms with E-state index in [9.17, 15) is 61.0 Å². The average molecular weight is 1070 g/mol. The second-order valence-corrected chi connectivity index (χ2v) is 20.4. The van der Waals surface area contributed by atoms with Crippen LogP contribution in [0, 0.1) is 0 Å². The fourth-order valence-electron chi connectivity index (χ4n) is 9.33. The average Bonchev–Trinajstić information content (AvgIpc) is 3.41. The summed E-state index contributed by atoms with van der Waals surface area (Å²) in [4.78, 5) is 13.2. The quantitative estimate of drug-likeness (QED) is 0.0306. The zero-order valence-corrected chi connectivity index (χ0v) is 45.0. The lowest BCUT2D eigenvalue weighted by atomic mass is 9.96. The number of hydrogen-bond acceptors (Lipinski definition) is 18. The van der Waals surface area contributed by atoms with Gasteiger partial charge in [-0.3, -0.25) is 4.79 Å². The molecule has 1 amide bonds. The smallest absolute Gasteiger partial charge is 0.220 e. The molecule has 19 nitrogen and oxygen atoms in total. The summed E-state index contributed by atoms with van der Waals surface area (Å²) in [5, 5.41) is 120. The van der Waals surface area contributed by atoms with Crippen LogP contribution >= 0.6 is 0 Å². The van der Waals surface area contributed by atoms with Crippen LogP contribution in [0.2, 0.25) is 0 Å². The van der Waals surface area contributed by atoms with Gasteiger partial charge in [0.15, 0.2) is 18.9 Å². The first-order valence-electron chi connectivity index (χ1n) is 28.4. The van der Waals surface area contributed by atoms with E-state index in [1.807, 2.05) is 6.08 Å². The Balaban J connectivity index is 1.55. The maximum absolute atomic E-state index is 13.2. The van der Waals surface area contributed by atoms with Crippen LogP contribution in [0.15, 0.2) is 48.6 Å². The number of aliphatic hydroxyl groups excluding tert-OH is 11. The third kappa shape index (κ3) is 24.8. The van der Waals surface area contributed by atoms with E-state index in [2.05, 4.69) is 55.6 Å². The Morgan fingerprint density at radius 1 is 0.467 bits per heavy atom. The molecular weight excluding hydrogens is 975 g/mol. The van der Waals surface area contributed by atoms with Crippen molar-refractivity contribution in [2.75, 3.05) is 26.4 Å². The molecule has 0 aromatic rings. The minimum absolute atomic E-state index is 0.220. The van der Waals surface area contributed by atoms with Crippen LogP contribution < -0.4 is 5.32 Å². The molecule has 75 heavy (non-hydrogen) atoms. The summed E-state index contributed by atoms with van der Waals surface area (Å²) >= 11 is 0. The van der Waals surface area contributed by atoms with Gasteiger partial charge in [0.1, 0.15) is 73.2 Å². The van der Waals surface area contributed by atoms with Crippen LogP contribution in [0.3, 0.4) is 0 Å². The molecule has 3 rings (SSSR count). The lowest BCUT2D eigenvalue weighted by Gasteiger charge is -2.48. The normalized spacial score (nSPS) is 31.6. The standard InChI is InChI=1S/C56H99NO18/c1-3-5-7-9-11-13-15-17-18-19-20-21-22-23-25-27-29-31-33-40(61)39(57-44(62)34-32-30-28-26-24-16-14-12-10-8-6-4-2)38-70-54-50(68)47(65)52(42(36-59)72-54)75-56-51(69)48(66)53(43(37-60)73-56)74-55-49(67)46(64)45(63)41(35-58)71-55/h12,14,19-20,23,25,31,33,39-43,45-56,58-61,63-69H,3-11,13,15-18,21-22,24,26-30,32,34-38H2,1-2H3,(H,57,62)/b14-12-,20-19+,25-23+,33-31+. The van der Waals surface area contributed by atoms with Crippen molar-refractivity contribution in [2.45, 2.75) is 272 Å². The Hall–Kier alpha value is -2.25. The highest BCUT2D eigenvalue weighted by Crippen LogP contribution is 2.33. The molecule has 17 unspecified atom stereocenters. The summed E-state index contributed by atoms with van der Waals surface area (Å²) in [6.07, 6.45) is 15.3. The summed E-state index contributed by atoms with van der Waals surface area (Å²) < 4.78 is 34.1. The largest absolute Gasteiger partial charge is 0.394 e. The number of rotatable bonds is 40. The number of nitrogens with one attached hydrogen (secondary N) is 1. The van der Waals surface area contributed by atoms with Crippen molar-refractivity contribution in [3.05, 3.63) is 48.6 Å². The van der Waals surface area contributed by atoms with Gasteiger partial charge in [-0.15, -0.1) is 0 Å². The van der Waals surface area contributed by atoms with Gasteiger partial charge < -0.3 is 89.9 Å². The van der Waals surface area contributed by atoms with E-state index in [0.717, 1.165) is 64.2 Å². The summed E-state index contributed by atoms with van der Waals surface area (Å²) in [7, 11) is 0. The van der Waals surface area contributed by atoms with Crippen LogP contribution in [0.25, 0.3) is 0 Å². The number of aliphatic hydroxyl groups is 11. The summed E-state index contributed by atoms with van der Waals surface area (Å²) in [5.74, 6) is -0.303. The van der Waals surface area contributed by atoms with Crippen LogP contribution in [0.5, 0.6) is 0 Å². The van der Waals surface area contributed by atoms with Crippen LogP contribution in [0.1, 0.15) is 168 Å².